The molecule has 3 aromatic rings. The number of thiocarbonyl (C=S) groups is 1. The van der Waals surface area contributed by atoms with E-state index in [2.05, 4.69) is 34.7 Å². The van der Waals surface area contributed by atoms with Crippen LogP contribution < -0.4 is 10.1 Å². The van der Waals surface area contributed by atoms with E-state index in [0.717, 1.165) is 22.1 Å². The van der Waals surface area contributed by atoms with E-state index < -0.39 is 0 Å². The molecule has 132 valence electrons. The zero-order valence-corrected chi connectivity index (χ0v) is 15.7. The third kappa shape index (κ3) is 4.18. The number of nitrogens with one attached hydrogen (secondary N) is 1. The molecule has 0 aliphatic carbocycles. The first-order valence-corrected chi connectivity index (χ1v) is 8.75. The molecule has 0 aromatic heterocycles. The number of methoxy groups -OCH3 is 1. The van der Waals surface area contributed by atoms with Crippen molar-refractivity contribution in [3.05, 3.63) is 77.9 Å². The van der Waals surface area contributed by atoms with E-state index in [1.54, 1.807) is 18.3 Å². The highest BCUT2D eigenvalue weighted by Crippen LogP contribution is 2.26. The average molecular weight is 363 g/mol. The number of rotatable bonds is 5. The molecule has 0 saturated carbocycles. The summed E-state index contributed by atoms with van der Waals surface area (Å²) in [4.78, 5) is 0. The first kappa shape index (κ1) is 17.9. The predicted molar refractivity (Wildman–Crippen MR) is 112 cm³/mol. The minimum Gasteiger partial charge on any atom is -0.496 e. The van der Waals surface area contributed by atoms with Crippen LogP contribution in [0, 0.1) is 0 Å². The highest BCUT2D eigenvalue weighted by atomic mass is 32.1. The van der Waals surface area contributed by atoms with E-state index >= 15 is 0 Å². The number of hydrogen-bond acceptors (Lipinski definition) is 3. The number of hydrazone groups is 1. The number of nitrogens with zero attached hydrogens (tertiary/aromatic N) is 2. The maximum Gasteiger partial charge on any atom is 0.189 e. The molecular formula is C21H21N3OS. The normalized spacial score (nSPS) is 10.8. The number of hydrogen-bond donors (Lipinski definition) is 1. The highest BCUT2D eigenvalue weighted by molar-refractivity contribution is 7.80. The Hall–Kier alpha value is -2.92. The molecule has 0 heterocycles. The lowest BCUT2D eigenvalue weighted by Gasteiger charge is -2.16. The molecule has 5 heteroatoms. The second-order valence-corrected chi connectivity index (χ2v) is 6.20. The van der Waals surface area contributed by atoms with E-state index in [0.29, 0.717) is 11.7 Å². The van der Waals surface area contributed by atoms with E-state index in [9.17, 15) is 0 Å². The second-order valence-electron chi connectivity index (χ2n) is 5.82. The summed E-state index contributed by atoms with van der Waals surface area (Å²) in [6.45, 7) is 0.664. The summed E-state index contributed by atoms with van der Waals surface area (Å²) in [5.41, 5.74) is 2.10. The zero-order valence-electron chi connectivity index (χ0n) is 14.8. The smallest absolute Gasteiger partial charge is 0.189 e. The summed E-state index contributed by atoms with van der Waals surface area (Å²) >= 11 is 5.42. The second kappa shape index (κ2) is 8.45. The fourth-order valence-corrected chi connectivity index (χ4v) is 2.79. The Morgan fingerprint density at radius 2 is 1.81 bits per heavy atom. The molecule has 0 aliphatic heterocycles. The minimum atomic E-state index is 0.560. The van der Waals surface area contributed by atoms with Crippen LogP contribution in [0.1, 0.15) is 11.1 Å². The van der Waals surface area contributed by atoms with E-state index in [1.165, 1.54) is 5.56 Å². The molecule has 0 spiro atoms. The third-order valence-electron chi connectivity index (χ3n) is 4.09. The van der Waals surface area contributed by atoms with Crippen molar-refractivity contribution in [2.75, 3.05) is 14.2 Å². The Morgan fingerprint density at radius 3 is 2.58 bits per heavy atom. The molecule has 4 nitrogen and oxygen atoms in total. The van der Waals surface area contributed by atoms with Crippen LogP contribution in [-0.4, -0.2) is 30.5 Å². The Kier molecular flexibility index (Phi) is 5.81. The first-order chi connectivity index (χ1) is 12.7. The molecule has 0 bridgehead atoms. The van der Waals surface area contributed by atoms with Gasteiger partial charge < -0.3 is 10.1 Å². The molecule has 0 radical (unpaired) electrons. The maximum absolute atomic E-state index is 5.49. The predicted octanol–water partition coefficient (Wildman–Crippen LogP) is 4.19. The van der Waals surface area contributed by atoms with Gasteiger partial charge in [-0.2, -0.15) is 5.10 Å². The fraction of sp³-hybridized carbons (Fsp3) is 0.143. The van der Waals surface area contributed by atoms with Crippen LogP contribution in [0.5, 0.6) is 5.75 Å². The van der Waals surface area contributed by atoms with Crippen molar-refractivity contribution in [2.45, 2.75) is 6.54 Å². The number of benzene rings is 3. The van der Waals surface area contributed by atoms with Crippen LogP contribution in [0.3, 0.4) is 0 Å². The molecule has 1 N–H and O–H groups in total. The van der Waals surface area contributed by atoms with E-state index in [4.69, 9.17) is 17.0 Å². The van der Waals surface area contributed by atoms with Crippen molar-refractivity contribution in [3.63, 3.8) is 0 Å². The molecule has 3 aromatic carbocycles. The summed E-state index contributed by atoms with van der Waals surface area (Å²) < 4.78 is 5.49. The maximum atomic E-state index is 5.49. The van der Waals surface area contributed by atoms with Crippen molar-refractivity contribution < 1.29 is 4.74 Å². The van der Waals surface area contributed by atoms with Gasteiger partial charge in [-0.15, -0.1) is 0 Å². The third-order valence-corrected chi connectivity index (χ3v) is 4.50. The Bertz CT molecular complexity index is 925. The summed E-state index contributed by atoms with van der Waals surface area (Å²) in [7, 11) is 3.49. The summed E-state index contributed by atoms with van der Waals surface area (Å²) in [5.74, 6) is 0.781. The quantitative estimate of drug-likeness (QED) is 0.419. The van der Waals surface area contributed by atoms with E-state index in [-0.39, 0.29) is 0 Å². The Balaban J connectivity index is 1.74. The van der Waals surface area contributed by atoms with Crippen LogP contribution >= 0.6 is 12.2 Å². The standard InChI is InChI=1S/C21H21N3OS/c1-24(21(26)22-14-16-8-4-3-5-9-16)23-15-19-18-11-7-6-10-17(18)12-13-20(19)25-2/h3-13,15H,14H2,1-2H3,(H,22,26)/b23-15-. The lowest BCUT2D eigenvalue weighted by molar-refractivity contribution is 0.414. The van der Waals surface area contributed by atoms with Gasteiger partial charge in [-0.05, 0) is 34.6 Å². The van der Waals surface area contributed by atoms with Crippen molar-refractivity contribution >= 4 is 34.3 Å². The van der Waals surface area contributed by atoms with Gasteiger partial charge in [-0.1, -0.05) is 60.7 Å². The molecule has 0 amide bonds. The van der Waals surface area contributed by atoms with Crippen LogP contribution in [0.2, 0.25) is 0 Å². The van der Waals surface area contributed by atoms with Gasteiger partial charge in [0.2, 0.25) is 0 Å². The monoisotopic (exact) mass is 363 g/mol. The van der Waals surface area contributed by atoms with Crippen molar-refractivity contribution in [2.24, 2.45) is 5.10 Å². The Morgan fingerprint density at radius 1 is 1.08 bits per heavy atom. The zero-order chi connectivity index (χ0) is 18.4. The molecule has 0 aliphatic rings. The number of fused-ring (bicyclic) bond motifs is 1. The lowest BCUT2D eigenvalue weighted by atomic mass is 10.0. The molecular weight excluding hydrogens is 342 g/mol. The van der Waals surface area contributed by atoms with Gasteiger partial charge in [-0.25, -0.2) is 5.01 Å². The van der Waals surface area contributed by atoms with Gasteiger partial charge in [0.05, 0.1) is 13.3 Å². The van der Waals surface area contributed by atoms with Gasteiger partial charge >= 0.3 is 0 Å². The van der Waals surface area contributed by atoms with Crippen LogP contribution in [0.15, 0.2) is 71.8 Å². The molecule has 3 rings (SSSR count). The fourth-order valence-electron chi connectivity index (χ4n) is 2.67. The van der Waals surface area contributed by atoms with Gasteiger partial charge in [-0.3, -0.25) is 0 Å². The summed E-state index contributed by atoms with van der Waals surface area (Å²) in [6.07, 6.45) is 1.79. The van der Waals surface area contributed by atoms with Crippen molar-refractivity contribution in [3.8, 4) is 5.75 Å². The number of ether oxygens (including phenoxy) is 1. The van der Waals surface area contributed by atoms with Crippen molar-refractivity contribution in [1.29, 1.82) is 0 Å². The topological polar surface area (TPSA) is 36.9 Å². The van der Waals surface area contributed by atoms with E-state index in [1.807, 2.05) is 49.5 Å². The lowest BCUT2D eigenvalue weighted by Crippen LogP contribution is -2.33. The highest BCUT2D eigenvalue weighted by Gasteiger charge is 2.07. The molecule has 0 fully saturated rings. The SMILES string of the molecule is COc1ccc2ccccc2c1/C=N\N(C)C(=S)NCc1ccccc1. The van der Waals surface area contributed by atoms with Crippen LogP contribution in [-0.2, 0) is 6.54 Å². The van der Waals surface area contributed by atoms with Gasteiger partial charge in [0.1, 0.15) is 5.75 Å². The molecule has 0 atom stereocenters. The minimum absolute atomic E-state index is 0.560. The molecule has 0 unspecified atom stereocenters. The summed E-state index contributed by atoms with van der Waals surface area (Å²) in [5, 5.41) is 12.1. The largest absolute Gasteiger partial charge is 0.496 e. The first-order valence-electron chi connectivity index (χ1n) is 8.34. The molecule has 0 saturated heterocycles. The van der Waals surface area contributed by atoms with Crippen LogP contribution in [0.4, 0.5) is 0 Å². The van der Waals surface area contributed by atoms with Crippen molar-refractivity contribution in [1.82, 2.24) is 10.3 Å². The van der Waals surface area contributed by atoms with Gasteiger partial charge in [0.25, 0.3) is 0 Å². The molecule has 26 heavy (non-hydrogen) atoms. The average Bonchev–Trinajstić information content (AvgIpc) is 2.70. The van der Waals surface area contributed by atoms with Gasteiger partial charge in [0.15, 0.2) is 5.11 Å². The van der Waals surface area contributed by atoms with Gasteiger partial charge in [0, 0.05) is 19.2 Å². The van der Waals surface area contributed by atoms with Crippen LogP contribution in [0.25, 0.3) is 10.8 Å². The Labute approximate surface area is 159 Å². The summed E-state index contributed by atoms with van der Waals surface area (Å²) in [6, 6.07) is 22.3.